The second-order valence-corrected chi connectivity index (χ2v) is 7.19. The van der Waals surface area contributed by atoms with Crippen LogP contribution in [0.2, 0.25) is 5.02 Å². The van der Waals surface area contributed by atoms with Crippen LogP contribution in [-0.4, -0.2) is 9.97 Å². The summed E-state index contributed by atoms with van der Waals surface area (Å²) in [6.45, 7) is 1.76. The van der Waals surface area contributed by atoms with Crippen molar-refractivity contribution in [2.45, 2.75) is 23.2 Å². The predicted molar refractivity (Wildman–Crippen MR) is 93.1 cm³/mol. The third-order valence-electron chi connectivity index (χ3n) is 3.57. The lowest BCUT2D eigenvalue weighted by molar-refractivity contribution is -0.137. The van der Waals surface area contributed by atoms with Crippen molar-refractivity contribution in [2.24, 2.45) is 0 Å². The summed E-state index contributed by atoms with van der Waals surface area (Å²) in [5.41, 5.74) is -0.618. The quantitative estimate of drug-likeness (QED) is 0.611. The van der Waals surface area contributed by atoms with Crippen molar-refractivity contribution in [3.8, 4) is 0 Å². The Kier molecular flexibility index (Phi) is 4.79. The molecule has 0 bridgehead atoms. The molecule has 0 radical (unpaired) electrons. The van der Waals surface area contributed by atoms with E-state index in [1.165, 1.54) is 12.1 Å². The van der Waals surface area contributed by atoms with Crippen LogP contribution in [0.15, 0.2) is 52.2 Å². The van der Waals surface area contributed by atoms with Gasteiger partial charge in [-0.3, -0.25) is 4.79 Å². The molecule has 3 nitrogen and oxygen atoms in total. The molecule has 1 aromatic heterocycles. The van der Waals surface area contributed by atoms with E-state index in [1.807, 2.05) is 0 Å². The number of hydrogen-bond donors (Lipinski definition) is 1. The molecule has 0 unspecified atom stereocenters. The zero-order chi connectivity index (χ0) is 18.2. The van der Waals surface area contributed by atoms with Crippen molar-refractivity contribution in [1.82, 2.24) is 9.97 Å². The standard InChI is InChI=1S/C17H12ClF3N2OS/c1-9(15-22-14-5-3-2-4-11(14)16(24)23-15)25-10-6-7-13(18)12(8-10)17(19,20)21/h2-9H,1H3,(H,22,23,24)/t9-/m0/s1. The molecule has 2 aromatic carbocycles. The smallest absolute Gasteiger partial charge is 0.309 e. The zero-order valence-electron chi connectivity index (χ0n) is 12.9. The normalized spacial score (nSPS) is 13.2. The molecule has 0 aliphatic heterocycles. The van der Waals surface area contributed by atoms with Crippen LogP contribution in [-0.2, 0) is 6.18 Å². The van der Waals surface area contributed by atoms with Crippen LogP contribution >= 0.6 is 23.4 Å². The predicted octanol–water partition coefficient (Wildman–Crippen LogP) is 5.45. The molecule has 0 aliphatic carbocycles. The van der Waals surface area contributed by atoms with E-state index in [1.54, 1.807) is 31.2 Å². The van der Waals surface area contributed by atoms with Gasteiger partial charge < -0.3 is 4.98 Å². The summed E-state index contributed by atoms with van der Waals surface area (Å²) in [6, 6.07) is 10.6. The number of rotatable bonds is 3. The molecule has 0 saturated carbocycles. The third-order valence-corrected chi connectivity index (χ3v) is 5.00. The van der Waals surface area contributed by atoms with E-state index in [-0.39, 0.29) is 15.8 Å². The molecule has 0 aliphatic rings. The van der Waals surface area contributed by atoms with Crippen LogP contribution < -0.4 is 5.56 Å². The van der Waals surface area contributed by atoms with Gasteiger partial charge in [-0.25, -0.2) is 4.98 Å². The van der Waals surface area contributed by atoms with Gasteiger partial charge in [0.05, 0.1) is 26.7 Å². The van der Waals surface area contributed by atoms with E-state index < -0.39 is 11.7 Å². The summed E-state index contributed by atoms with van der Waals surface area (Å²) in [7, 11) is 0. The van der Waals surface area contributed by atoms with Crippen LogP contribution in [0.1, 0.15) is 23.6 Å². The van der Waals surface area contributed by atoms with Crippen LogP contribution in [0.4, 0.5) is 13.2 Å². The number of alkyl halides is 3. The van der Waals surface area contributed by atoms with Crippen LogP contribution in [0, 0.1) is 0 Å². The monoisotopic (exact) mass is 384 g/mol. The fourth-order valence-corrected chi connectivity index (χ4v) is 3.54. The average Bonchev–Trinajstić information content (AvgIpc) is 2.55. The molecule has 130 valence electrons. The number of thioether (sulfide) groups is 1. The molecular formula is C17H12ClF3N2OS. The minimum Gasteiger partial charge on any atom is -0.309 e. The first-order valence-corrected chi connectivity index (χ1v) is 8.54. The summed E-state index contributed by atoms with van der Waals surface area (Å²) >= 11 is 6.79. The van der Waals surface area contributed by atoms with Crippen LogP contribution in [0.3, 0.4) is 0 Å². The largest absolute Gasteiger partial charge is 0.417 e. The van der Waals surface area contributed by atoms with Crippen LogP contribution in [0.25, 0.3) is 10.9 Å². The lowest BCUT2D eigenvalue weighted by atomic mass is 10.2. The van der Waals surface area contributed by atoms with Gasteiger partial charge in [0.15, 0.2) is 0 Å². The fourth-order valence-electron chi connectivity index (χ4n) is 2.35. The first kappa shape index (κ1) is 17.8. The van der Waals surface area contributed by atoms with E-state index in [9.17, 15) is 18.0 Å². The number of fused-ring (bicyclic) bond motifs is 1. The molecule has 25 heavy (non-hydrogen) atoms. The first-order chi connectivity index (χ1) is 11.8. The molecule has 8 heteroatoms. The highest BCUT2D eigenvalue weighted by molar-refractivity contribution is 7.99. The minimum absolute atomic E-state index is 0.278. The maximum atomic E-state index is 13.0. The Bertz CT molecular complexity index is 988. The average molecular weight is 385 g/mol. The third kappa shape index (κ3) is 3.82. The summed E-state index contributed by atoms with van der Waals surface area (Å²) in [5, 5.41) is -0.226. The van der Waals surface area contributed by atoms with E-state index >= 15 is 0 Å². The second-order valence-electron chi connectivity index (χ2n) is 5.37. The van der Waals surface area contributed by atoms with Crippen molar-refractivity contribution in [3.63, 3.8) is 0 Å². The topological polar surface area (TPSA) is 45.8 Å². The second kappa shape index (κ2) is 6.72. The Balaban J connectivity index is 1.93. The number of nitrogens with one attached hydrogen (secondary N) is 1. The number of nitrogens with zero attached hydrogens (tertiary/aromatic N) is 1. The van der Waals surface area contributed by atoms with Gasteiger partial charge in [-0.2, -0.15) is 13.2 Å². The Hall–Kier alpha value is -1.99. The molecule has 0 spiro atoms. The van der Waals surface area contributed by atoms with Gasteiger partial charge in [0.2, 0.25) is 0 Å². The van der Waals surface area contributed by atoms with Gasteiger partial charge in [0.25, 0.3) is 5.56 Å². The maximum Gasteiger partial charge on any atom is 0.417 e. The highest BCUT2D eigenvalue weighted by Crippen LogP contribution is 2.40. The van der Waals surface area contributed by atoms with Crippen molar-refractivity contribution in [3.05, 3.63) is 69.2 Å². The van der Waals surface area contributed by atoms with Gasteiger partial charge in [-0.1, -0.05) is 23.7 Å². The minimum atomic E-state index is -4.52. The van der Waals surface area contributed by atoms with Gasteiger partial charge in [-0.15, -0.1) is 11.8 Å². The number of halogens is 4. The molecule has 0 amide bonds. The number of aromatic nitrogens is 2. The molecule has 1 N–H and O–H groups in total. The summed E-state index contributed by atoms with van der Waals surface area (Å²) in [6.07, 6.45) is -4.52. The Labute approximate surface area is 150 Å². The molecule has 1 atom stereocenters. The van der Waals surface area contributed by atoms with E-state index in [0.717, 1.165) is 17.8 Å². The van der Waals surface area contributed by atoms with Gasteiger partial charge >= 0.3 is 6.18 Å². The lowest BCUT2D eigenvalue weighted by Crippen LogP contribution is -2.12. The summed E-state index contributed by atoms with van der Waals surface area (Å²) in [4.78, 5) is 19.6. The van der Waals surface area contributed by atoms with Crippen molar-refractivity contribution in [1.29, 1.82) is 0 Å². The number of hydrogen-bond acceptors (Lipinski definition) is 3. The first-order valence-electron chi connectivity index (χ1n) is 7.28. The number of para-hydroxylation sites is 1. The molecule has 0 saturated heterocycles. The SMILES string of the molecule is C[C@H](Sc1ccc(Cl)c(C(F)(F)F)c1)c1nc2ccccc2c(=O)[nH]1. The fraction of sp³-hybridized carbons (Fsp3) is 0.176. The van der Waals surface area contributed by atoms with Crippen molar-refractivity contribution < 1.29 is 13.2 Å². The van der Waals surface area contributed by atoms with Gasteiger partial charge in [-0.05, 0) is 37.3 Å². The molecule has 1 heterocycles. The Morgan fingerprint density at radius 3 is 2.64 bits per heavy atom. The van der Waals surface area contributed by atoms with Crippen molar-refractivity contribution >= 4 is 34.3 Å². The summed E-state index contributed by atoms with van der Waals surface area (Å²) in [5.74, 6) is 0.400. The van der Waals surface area contributed by atoms with Crippen LogP contribution in [0.5, 0.6) is 0 Å². The van der Waals surface area contributed by atoms with Gasteiger partial charge in [0, 0.05) is 4.90 Å². The highest BCUT2D eigenvalue weighted by Gasteiger charge is 2.33. The highest BCUT2D eigenvalue weighted by atomic mass is 35.5. The van der Waals surface area contributed by atoms with Gasteiger partial charge in [0.1, 0.15) is 5.82 Å². The Morgan fingerprint density at radius 2 is 1.92 bits per heavy atom. The Morgan fingerprint density at radius 1 is 1.20 bits per heavy atom. The van der Waals surface area contributed by atoms with Crippen molar-refractivity contribution in [2.75, 3.05) is 0 Å². The van der Waals surface area contributed by atoms with E-state index in [2.05, 4.69) is 9.97 Å². The lowest BCUT2D eigenvalue weighted by Gasteiger charge is -2.14. The zero-order valence-corrected chi connectivity index (χ0v) is 14.5. The molecule has 0 fully saturated rings. The van der Waals surface area contributed by atoms with E-state index in [4.69, 9.17) is 11.6 Å². The number of H-pyrrole nitrogens is 1. The molecule has 3 aromatic rings. The number of benzene rings is 2. The van der Waals surface area contributed by atoms with E-state index in [0.29, 0.717) is 21.6 Å². The molecule has 3 rings (SSSR count). The maximum absolute atomic E-state index is 13.0. The molecular weight excluding hydrogens is 373 g/mol. The summed E-state index contributed by atoms with van der Waals surface area (Å²) < 4.78 is 38.9. The number of aromatic amines is 1.